The molecule has 136 valence electrons. The first-order valence-electron chi connectivity index (χ1n) is 8.68. The summed E-state index contributed by atoms with van der Waals surface area (Å²) in [7, 11) is 0. The number of nitrogens with one attached hydrogen (secondary N) is 1. The normalized spacial score (nSPS) is 9.56. The van der Waals surface area contributed by atoms with Crippen LogP contribution in [0.4, 0.5) is 5.69 Å². The average Bonchev–Trinajstić information content (AvgIpc) is 2.70. The summed E-state index contributed by atoms with van der Waals surface area (Å²) in [5.41, 5.74) is 15.8. The van der Waals surface area contributed by atoms with Gasteiger partial charge in [-0.2, -0.15) is 0 Å². The van der Waals surface area contributed by atoms with Gasteiger partial charge in [-0.25, -0.2) is 0 Å². The van der Waals surface area contributed by atoms with Gasteiger partial charge in [-0.05, 0) is 43.1 Å². The summed E-state index contributed by atoms with van der Waals surface area (Å²) in [4.78, 5) is 4.92. The van der Waals surface area contributed by atoms with Crippen LogP contribution in [0.2, 0.25) is 0 Å². The molecular formula is C21H25KN4S. The molecule has 1 aromatic heterocycles. The monoisotopic (exact) mass is 404 g/mol. The molecular weight excluding hydrogens is 379 g/mol. The maximum atomic E-state index is 5.36. The molecule has 3 N–H and O–H groups in total. The van der Waals surface area contributed by atoms with E-state index >= 15 is 0 Å². The second kappa shape index (κ2) is 15.2. The number of rotatable bonds is 7. The largest absolute Gasteiger partial charge is 1.00 e. The molecule has 0 radical (unpaired) electrons. The van der Waals surface area contributed by atoms with Crippen molar-refractivity contribution >= 4 is 18.3 Å². The summed E-state index contributed by atoms with van der Waals surface area (Å²) in [5, 5.41) is 0. The van der Waals surface area contributed by atoms with Gasteiger partial charge >= 0.3 is 51.4 Å². The number of pyridine rings is 1. The Hall–Kier alpha value is -0.704. The van der Waals surface area contributed by atoms with Crippen LogP contribution in [-0.2, 0) is 0 Å². The molecule has 0 unspecified atom stereocenters. The van der Waals surface area contributed by atoms with Crippen LogP contribution >= 0.6 is 12.6 Å². The van der Waals surface area contributed by atoms with Gasteiger partial charge in [-0.15, -0.1) is 18.3 Å². The van der Waals surface area contributed by atoms with Gasteiger partial charge in [-0.1, -0.05) is 60.7 Å². The number of nitrogens with zero attached hydrogens (tertiary/aromatic N) is 2. The van der Waals surface area contributed by atoms with Gasteiger partial charge in [-0.3, -0.25) is 4.98 Å². The van der Waals surface area contributed by atoms with Crippen molar-refractivity contribution < 1.29 is 51.4 Å². The minimum atomic E-state index is 0. The molecule has 0 amide bonds. The van der Waals surface area contributed by atoms with Gasteiger partial charge in [0.1, 0.15) is 0 Å². The van der Waals surface area contributed by atoms with E-state index in [0.29, 0.717) is 0 Å². The zero-order chi connectivity index (χ0) is 18.5. The minimum absolute atomic E-state index is 0. The summed E-state index contributed by atoms with van der Waals surface area (Å²) in [6.45, 7) is 1.62. The Morgan fingerprint density at radius 2 is 1.56 bits per heavy atom. The van der Waals surface area contributed by atoms with Crippen molar-refractivity contribution in [3.63, 3.8) is 0 Å². The van der Waals surface area contributed by atoms with Gasteiger partial charge in [0.2, 0.25) is 0 Å². The topological polar surface area (TPSA) is 65.0 Å². The van der Waals surface area contributed by atoms with Gasteiger partial charge in [0.05, 0.1) is 0 Å². The Kier molecular flexibility index (Phi) is 13.7. The van der Waals surface area contributed by atoms with Crippen molar-refractivity contribution in [1.82, 2.24) is 10.4 Å². The third-order valence-electron chi connectivity index (χ3n) is 3.60. The van der Waals surface area contributed by atoms with Crippen LogP contribution in [0.15, 0.2) is 84.0 Å². The van der Waals surface area contributed by atoms with Crippen LogP contribution < -0.4 is 62.5 Å². The number of aromatic nitrogens is 1. The standard InChI is InChI=1S/C12H10S.C9H15N4.K/c13-12-9-5-4-8-11(12)10-6-2-1-3-7-10;10-5-1-2-6-12-13-9-3-7-11-8-4-9;/h1-9,13H;3-4,7-8,12H,1-2,5-6,10H2;/q;-1;+1. The number of unbranched alkanes of at least 4 members (excludes halogenated alkanes) is 1. The Balaban J connectivity index is 0.000000260. The summed E-state index contributed by atoms with van der Waals surface area (Å²) >= 11 is 4.41. The number of hydrogen-bond acceptors (Lipinski definition) is 4. The molecule has 4 nitrogen and oxygen atoms in total. The Morgan fingerprint density at radius 3 is 2.22 bits per heavy atom. The summed E-state index contributed by atoms with van der Waals surface area (Å²) in [5.74, 6) is 0. The van der Waals surface area contributed by atoms with Crippen LogP contribution in [0.5, 0.6) is 0 Å². The zero-order valence-corrected chi connectivity index (χ0v) is 19.8. The zero-order valence-electron chi connectivity index (χ0n) is 15.8. The number of benzene rings is 2. The van der Waals surface area contributed by atoms with Crippen LogP contribution in [0.3, 0.4) is 0 Å². The van der Waals surface area contributed by atoms with E-state index in [1.807, 2.05) is 48.5 Å². The second-order valence-electron chi connectivity index (χ2n) is 5.60. The SMILES string of the molecule is NCCCCN[N-]c1ccncc1.Sc1ccccc1-c1ccccc1.[K+]. The smallest absolute Gasteiger partial charge is 0.623 e. The van der Waals surface area contributed by atoms with E-state index in [1.165, 1.54) is 11.1 Å². The van der Waals surface area contributed by atoms with E-state index in [0.717, 1.165) is 36.5 Å². The molecule has 1 heterocycles. The third-order valence-corrected chi connectivity index (χ3v) is 3.99. The molecule has 0 atom stereocenters. The van der Waals surface area contributed by atoms with Gasteiger partial charge < -0.3 is 16.6 Å². The molecule has 0 fully saturated rings. The molecule has 0 saturated heterocycles. The van der Waals surface area contributed by atoms with E-state index in [-0.39, 0.29) is 51.4 Å². The Labute approximate surface area is 210 Å². The van der Waals surface area contributed by atoms with E-state index < -0.39 is 0 Å². The average molecular weight is 405 g/mol. The quantitative estimate of drug-likeness (QED) is 0.244. The van der Waals surface area contributed by atoms with E-state index in [4.69, 9.17) is 5.73 Å². The van der Waals surface area contributed by atoms with Crippen LogP contribution in [0.1, 0.15) is 12.8 Å². The first kappa shape index (κ1) is 24.3. The minimum Gasteiger partial charge on any atom is -0.623 e. The van der Waals surface area contributed by atoms with E-state index in [2.05, 4.69) is 46.7 Å². The molecule has 0 spiro atoms. The Bertz CT molecular complexity index is 741. The van der Waals surface area contributed by atoms with Crippen molar-refractivity contribution in [2.45, 2.75) is 17.7 Å². The van der Waals surface area contributed by atoms with E-state index in [1.54, 1.807) is 12.4 Å². The number of hydrogen-bond donors (Lipinski definition) is 3. The van der Waals surface area contributed by atoms with Crippen molar-refractivity contribution in [3.05, 3.63) is 84.5 Å². The second-order valence-corrected chi connectivity index (χ2v) is 6.09. The summed E-state index contributed by atoms with van der Waals surface area (Å²) in [6, 6.07) is 22.1. The molecule has 3 aromatic rings. The van der Waals surface area contributed by atoms with Crippen molar-refractivity contribution in [3.8, 4) is 11.1 Å². The predicted octanol–water partition coefficient (Wildman–Crippen LogP) is 1.98. The Morgan fingerprint density at radius 1 is 0.889 bits per heavy atom. The molecule has 0 aliphatic rings. The maximum Gasteiger partial charge on any atom is 1.00 e. The van der Waals surface area contributed by atoms with Crippen LogP contribution in [0, 0.1) is 0 Å². The van der Waals surface area contributed by atoms with Crippen molar-refractivity contribution in [1.29, 1.82) is 0 Å². The number of nitrogens with two attached hydrogens (primary N) is 1. The van der Waals surface area contributed by atoms with Crippen LogP contribution in [-0.4, -0.2) is 18.1 Å². The fraction of sp³-hybridized carbons (Fsp3) is 0.190. The molecule has 0 aliphatic carbocycles. The summed E-state index contributed by atoms with van der Waals surface area (Å²) < 4.78 is 0. The molecule has 6 heteroatoms. The molecule has 27 heavy (non-hydrogen) atoms. The van der Waals surface area contributed by atoms with Gasteiger partial charge in [0.25, 0.3) is 0 Å². The van der Waals surface area contributed by atoms with Gasteiger partial charge in [0, 0.05) is 17.3 Å². The third kappa shape index (κ3) is 9.87. The fourth-order valence-corrected chi connectivity index (χ4v) is 2.54. The fourth-order valence-electron chi connectivity index (χ4n) is 2.25. The van der Waals surface area contributed by atoms with Gasteiger partial charge in [0.15, 0.2) is 0 Å². The number of thiol groups is 1. The van der Waals surface area contributed by atoms with Crippen LogP contribution in [0.25, 0.3) is 16.6 Å². The van der Waals surface area contributed by atoms with Crippen molar-refractivity contribution in [2.24, 2.45) is 5.73 Å². The molecule has 3 rings (SSSR count). The van der Waals surface area contributed by atoms with E-state index in [9.17, 15) is 0 Å². The summed E-state index contributed by atoms with van der Waals surface area (Å²) in [6.07, 6.45) is 5.55. The molecule has 2 aromatic carbocycles. The predicted molar refractivity (Wildman–Crippen MR) is 113 cm³/mol. The first-order valence-corrected chi connectivity index (χ1v) is 9.13. The maximum absolute atomic E-state index is 5.36. The van der Waals surface area contributed by atoms with Crippen molar-refractivity contribution in [2.75, 3.05) is 13.1 Å². The first-order chi connectivity index (χ1) is 12.8. The molecule has 0 aliphatic heterocycles. The molecule has 0 bridgehead atoms. The molecule has 0 saturated carbocycles.